The number of benzene rings is 1. The molecular weight excluding hydrogens is 306 g/mol. The van der Waals surface area contributed by atoms with E-state index in [1.165, 1.54) is 0 Å². The fraction of sp³-hybridized carbons (Fsp3) is 0.556. The summed E-state index contributed by atoms with van der Waals surface area (Å²) >= 11 is 0. The molecule has 2 rings (SSSR count). The number of primary amides is 1. The van der Waals surface area contributed by atoms with Gasteiger partial charge in [-0.15, -0.1) is 0 Å². The van der Waals surface area contributed by atoms with Gasteiger partial charge in [0.1, 0.15) is 5.75 Å². The van der Waals surface area contributed by atoms with Crippen LogP contribution < -0.4 is 15.8 Å². The van der Waals surface area contributed by atoms with Crippen molar-refractivity contribution in [2.24, 2.45) is 11.7 Å². The molecule has 1 fully saturated rings. The lowest BCUT2D eigenvalue weighted by atomic mass is 9.93. The molecule has 1 aliphatic rings. The first-order valence-corrected chi connectivity index (χ1v) is 8.50. The highest BCUT2D eigenvalue weighted by atomic mass is 16.5. The van der Waals surface area contributed by atoms with Crippen LogP contribution in [0.4, 0.5) is 0 Å². The molecule has 0 saturated carbocycles. The molecule has 132 valence electrons. The molecule has 1 aliphatic heterocycles. The third-order valence-electron chi connectivity index (χ3n) is 4.43. The van der Waals surface area contributed by atoms with Gasteiger partial charge in [0.15, 0.2) is 6.61 Å². The SMILES string of the molecule is CCC(=O)N1CC[C@@H](NCc2ccc(OCC(N)=O)cc2)[C@H](C)C1. The lowest BCUT2D eigenvalue weighted by Crippen LogP contribution is -2.49. The largest absolute Gasteiger partial charge is 0.484 e. The summed E-state index contributed by atoms with van der Waals surface area (Å²) in [4.78, 5) is 24.5. The minimum Gasteiger partial charge on any atom is -0.484 e. The quantitative estimate of drug-likeness (QED) is 0.787. The number of rotatable bonds is 7. The Hall–Kier alpha value is -2.08. The number of amides is 2. The average Bonchev–Trinajstić information content (AvgIpc) is 2.59. The van der Waals surface area contributed by atoms with E-state index in [1.807, 2.05) is 36.1 Å². The molecule has 6 nitrogen and oxygen atoms in total. The number of nitrogens with zero attached hydrogens (tertiary/aromatic N) is 1. The highest BCUT2D eigenvalue weighted by Crippen LogP contribution is 2.19. The third kappa shape index (κ3) is 5.23. The van der Waals surface area contributed by atoms with E-state index in [-0.39, 0.29) is 12.5 Å². The van der Waals surface area contributed by atoms with E-state index >= 15 is 0 Å². The lowest BCUT2D eigenvalue weighted by Gasteiger charge is -2.37. The number of piperidine rings is 1. The number of hydrogen-bond acceptors (Lipinski definition) is 4. The van der Waals surface area contributed by atoms with Crippen LogP contribution in [0.3, 0.4) is 0 Å². The van der Waals surface area contributed by atoms with Gasteiger partial charge in [-0.2, -0.15) is 0 Å². The maximum Gasteiger partial charge on any atom is 0.255 e. The molecule has 0 spiro atoms. The van der Waals surface area contributed by atoms with Crippen LogP contribution >= 0.6 is 0 Å². The minimum atomic E-state index is -0.484. The van der Waals surface area contributed by atoms with Crippen molar-refractivity contribution in [2.75, 3.05) is 19.7 Å². The number of nitrogens with one attached hydrogen (secondary N) is 1. The topological polar surface area (TPSA) is 84.7 Å². The molecule has 3 N–H and O–H groups in total. The summed E-state index contributed by atoms with van der Waals surface area (Å²) < 4.78 is 5.25. The summed E-state index contributed by atoms with van der Waals surface area (Å²) in [5, 5.41) is 3.58. The van der Waals surface area contributed by atoms with Gasteiger partial charge in [0.05, 0.1) is 0 Å². The second kappa shape index (κ2) is 8.68. The van der Waals surface area contributed by atoms with Gasteiger partial charge in [0, 0.05) is 32.1 Å². The summed E-state index contributed by atoms with van der Waals surface area (Å²) in [6.07, 6.45) is 1.56. The second-order valence-electron chi connectivity index (χ2n) is 6.35. The molecule has 1 heterocycles. The molecular formula is C18H27N3O3. The smallest absolute Gasteiger partial charge is 0.255 e. The van der Waals surface area contributed by atoms with Gasteiger partial charge < -0.3 is 20.7 Å². The number of likely N-dealkylation sites (tertiary alicyclic amines) is 1. The fourth-order valence-electron chi connectivity index (χ4n) is 3.01. The Kier molecular flexibility index (Phi) is 6.61. The highest BCUT2D eigenvalue weighted by molar-refractivity contribution is 5.76. The predicted molar refractivity (Wildman–Crippen MR) is 92.4 cm³/mol. The van der Waals surface area contributed by atoms with Crippen LogP contribution in [-0.4, -0.2) is 42.5 Å². The van der Waals surface area contributed by atoms with Crippen LogP contribution in [0.25, 0.3) is 0 Å². The first kappa shape index (κ1) is 18.3. The molecule has 1 saturated heterocycles. The van der Waals surface area contributed by atoms with Crippen molar-refractivity contribution >= 4 is 11.8 Å². The summed E-state index contributed by atoms with van der Waals surface area (Å²) in [7, 11) is 0. The van der Waals surface area contributed by atoms with Gasteiger partial charge in [0.2, 0.25) is 5.91 Å². The van der Waals surface area contributed by atoms with Gasteiger partial charge in [-0.3, -0.25) is 9.59 Å². The Balaban J connectivity index is 1.79. The Bertz CT molecular complexity index is 559. The van der Waals surface area contributed by atoms with E-state index in [9.17, 15) is 9.59 Å². The molecule has 0 radical (unpaired) electrons. The van der Waals surface area contributed by atoms with Crippen molar-refractivity contribution in [2.45, 2.75) is 39.3 Å². The first-order chi connectivity index (χ1) is 11.5. The molecule has 1 aromatic rings. The Morgan fingerprint density at radius 2 is 2.04 bits per heavy atom. The van der Waals surface area contributed by atoms with Crippen molar-refractivity contribution in [3.8, 4) is 5.75 Å². The van der Waals surface area contributed by atoms with Gasteiger partial charge in [-0.25, -0.2) is 0 Å². The number of carbonyl (C=O) groups excluding carboxylic acids is 2. The predicted octanol–water partition coefficient (Wildman–Crippen LogP) is 1.29. The van der Waals surface area contributed by atoms with Gasteiger partial charge >= 0.3 is 0 Å². The summed E-state index contributed by atoms with van der Waals surface area (Å²) in [5.41, 5.74) is 6.21. The molecule has 2 atom stereocenters. The molecule has 1 aromatic carbocycles. The van der Waals surface area contributed by atoms with Crippen LogP contribution in [0.2, 0.25) is 0 Å². The normalized spacial score (nSPS) is 20.7. The van der Waals surface area contributed by atoms with Crippen molar-refractivity contribution in [3.05, 3.63) is 29.8 Å². The number of carbonyl (C=O) groups is 2. The average molecular weight is 333 g/mol. The summed E-state index contributed by atoms with van der Waals surface area (Å²) in [6.45, 7) is 6.41. The van der Waals surface area contributed by atoms with Crippen molar-refractivity contribution < 1.29 is 14.3 Å². The molecule has 24 heavy (non-hydrogen) atoms. The summed E-state index contributed by atoms with van der Waals surface area (Å²) in [6, 6.07) is 8.04. The van der Waals surface area contributed by atoms with Crippen LogP contribution in [0, 0.1) is 5.92 Å². The van der Waals surface area contributed by atoms with Crippen LogP contribution in [0.15, 0.2) is 24.3 Å². The van der Waals surface area contributed by atoms with E-state index in [1.54, 1.807) is 0 Å². The van der Waals surface area contributed by atoms with Crippen LogP contribution in [0.5, 0.6) is 5.75 Å². The summed E-state index contributed by atoms with van der Waals surface area (Å²) in [5.74, 6) is 0.833. The van der Waals surface area contributed by atoms with E-state index in [0.717, 1.165) is 31.6 Å². The maximum absolute atomic E-state index is 11.8. The third-order valence-corrected chi connectivity index (χ3v) is 4.43. The van der Waals surface area contributed by atoms with Gasteiger partial charge in [-0.05, 0) is 30.0 Å². The van der Waals surface area contributed by atoms with E-state index in [4.69, 9.17) is 10.5 Å². The first-order valence-electron chi connectivity index (χ1n) is 8.50. The zero-order valence-corrected chi connectivity index (χ0v) is 14.5. The molecule has 2 amide bonds. The molecule has 0 unspecified atom stereocenters. The maximum atomic E-state index is 11.8. The zero-order valence-electron chi connectivity index (χ0n) is 14.5. The Morgan fingerprint density at radius 1 is 1.33 bits per heavy atom. The van der Waals surface area contributed by atoms with Gasteiger partial charge in [0.25, 0.3) is 5.91 Å². The zero-order chi connectivity index (χ0) is 17.5. The van der Waals surface area contributed by atoms with Crippen LogP contribution in [0.1, 0.15) is 32.3 Å². The van der Waals surface area contributed by atoms with Crippen molar-refractivity contribution in [3.63, 3.8) is 0 Å². The van der Waals surface area contributed by atoms with Crippen molar-refractivity contribution in [1.29, 1.82) is 0 Å². The number of hydrogen-bond donors (Lipinski definition) is 2. The molecule has 0 aliphatic carbocycles. The molecule has 6 heteroatoms. The van der Waals surface area contributed by atoms with E-state index < -0.39 is 5.91 Å². The number of nitrogens with two attached hydrogens (primary N) is 1. The monoisotopic (exact) mass is 333 g/mol. The Morgan fingerprint density at radius 3 is 2.62 bits per heavy atom. The van der Waals surface area contributed by atoms with Crippen molar-refractivity contribution in [1.82, 2.24) is 10.2 Å². The number of ether oxygens (including phenoxy) is 1. The van der Waals surface area contributed by atoms with Gasteiger partial charge in [-0.1, -0.05) is 26.0 Å². The second-order valence-corrected chi connectivity index (χ2v) is 6.35. The fourth-order valence-corrected chi connectivity index (χ4v) is 3.01. The van der Waals surface area contributed by atoms with Crippen LogP contribution in [-0.2, 0) is 16.1 Å². The Labute approximate surface area is 143 Å². The lowest BCUT2D eigenvalue weighted by molar-refractivity contribution is -0.132. The van der Waals surface area contributed by atoms with E-state index in [0.29, 0.717) is 24.1 Å². The molecule has 0 aromatic heterocycles. The highest BCUT2D eigenvalue weighted by Gasteiger charge is 2.27. The van der Waals surface area contributed by atoms with E-state index in [2.05, 4.69) is 12.2 Å². The standard InChI is InChI=1S/C18H27N3O3/c1-3-18(23)21-9-8-16(13(2)11-21)20-10-14-4-6-15(7-5-14)24-12-17(19)22/h4-7,13,16,20H,3,8-12H2,1-2H3,(H2,19,22)/t13-,16-/m1/s1. The molecule has 0 bridgehead atoms. The minimum absolute atomic E-state index is 0.107.